The van der Waals surface area contributed by atoms with Gasteiger partial charge >= 0.3 is 11.9 Å². The molecule has 1 fully saturated rings. The molecule has 19 heavy (non-hydrogen) atoms. The van der Waals surface area contributed by atoms with Crippen LogP contribution in [0.15, 0.2) is 0 Å². The molecule has 1 amide bonds. The first-order valence-corrected chi connectivity index (χ1v) is 6.58. The molecule has 0 aromatic carbocycles. The van der Waals surface area contributed by atoms with Crippen molar-refractivity contribution in [3.63, 3.8) is 0 Å². The number of carbonyl (C=O) groups excluding carboxylic acids is 2. The molecule has 0 aromatic rings. The fourth-order valence-corrected chi connectivity index (χ4v) is 2.37. The monoisotopic (exact) mass is 271 g/mol. The van der Waals surface area contributed by atoms with Gasteiger partial charge in [-0.1, -0.05) is 6.42 Å². The summed E-state index contributed by atoms with van der Waals surface area (Å²) in [6.45, 7) is 3.65. The van der Waals surface area contributed by atoms with Crippen LogP contribution >= 0.6 is 0 Å². The number of carbonyl (C=O) groups is 3. The summed E-state index contributed by atoms with van der Waals surface area (Å²) < 4.78 is 4.73. The quantitative estimate of drug-likeness (QED) is 0.705. The smallest absolute Gasteiger partial charge is 0.311 e. The Morgan fingerprint density at radius 3 is 2.63 bits per heavy atom. The van der Waals surface area contributed by atoms with Crippen molar-refractivity contribution in [1.29, 1.82) is 0 Å². The van der Waals surface area contributed by atoms with E-state index in [0.717, 1.165) is 6.42 Å². The molecule has 6 heteroatoms. The van der Waals surface area contributed by atoms with Gasteiger partial charge in [-0.3, -0.25) is 14.4 Å². The van der Waals surface area contributed by atoms with E-state index in [1.807, 2.05) is 0 Å². The van der Waals surface area contributed by atoms with Crippen LogP contribution < -0.4 is 5.32 Å². The highest BCUT2D eigenvalue weighted by molar-refractivity contribution is 5.83. The molecule has 0 saturated heterocycles. The molecule has 0 heterocycles. The molecule has 1 aliphatic rings. The van der Waals surface area contributed by atoms with E-state index in [0.29, 0.717) is 19.4 Å². The van der Waals surface area contributed by atoms with Crippen LogP contribution in [0, 0.1) is 5.41 Å². The van der Waals surface area contributed by atoms with Gasteiger partial charge in [-0.2, -0.15) is 0 Å². The van der Waals surface area contributed by atoms with Crippen molar-refractivity contribution in [2.75, 3.05) is 6.61 Å². The fourth-order valence-electron chi connectivity index (χ4n) is 2.37. The zero-order valence-corrected chi connectivity index (χ0v) is 11.4. The molecule has 0 bridgehead atoms. The Balaban J connectivity index is 2.44. The molecule has 2 N–H and O–H groups in total. The van der Waals surface area contributed by atoms with Crippen LogP contribution in [0.5, 0.6) is 0 Å². The highest BCUT2D eigenvalue weighted by Gasteiger charge is 2.45. The van der Waals surface area contributed by atoms with E-state index in [1.165, 1.54) is 0 Å². The van der Waals surface area contributed by atoms with Gasteiger partial charge in [0.05, 0.1) is 18.4 Å². The third kappa shape index (κ3) is 3.94. The van der Waals surface area contributed by atoms with Crippen molar-refractivity contribution in [3.05, 3.63) is 0 Å². The summed E-state index contributed by atoms with van der Waals surface area (Å²) in [6.07, 6.45) is 2.06. The van der Waals surface area contributed by atoms with Gasteiger partial charge < -0.3 is 15.2 Å². The Morgan fingerprint density at radius 1 is 1.37 bits per heavy atom. The maximum Gasteiger partial charge on any atom is 0.311 e. The zero-order chi connectivity index (χ0) is 14.5. The Labute approximate surface area is 112 Å². The lowest BCUT2D eigenvalue weighted by Gasteiger charge is -2.27. The maximum absolute atomic E-state index is 11.7. The molecule has 6 nitrogen and oxygen atoms in total. The van der Waals surface area contributed by atoms with E-state index in [4.69, 9.17) is 4.74 Å². The Bertz CT molecular complexity index is 368. The first kappa shape index (κ1) is 15.5. The number of nitrogens with one attached hydrogen (secondary N) is 1. The van der Waals surface area contributed by atoms with Crippen LogP contribution in [-0.2, 0) is 19.1 Å². The average molecular weight is 271 g/mol. The lowest BCUT2D eigenvalue weighted by molar-refractivity contribution is -0.149. The summed E-state index contributed by atoms with van der Waals surface area (Å²) in [5.41, 5.74) is -0.903. The topological polar surface area (TPSA) is 92.7 Å². The summed E-state index contributed by atoms with van der Waals surface area (Å²) >= 11 is 0. The number of ether oxygens (including phenoxy) is 1. The van der Waals surface area contributed by atoms with Crippen molar-refractivity contribution in [1.82, 2.24) is 5.32 Å². The molecule has 2 unspecified atom stereocenters. The number of amides is 1. The van der Waals surface area contributed by atoms with Crippen molar-refractivity contribution in [2.45, 2.75) is 52.0 Å². The summed E-state index contributed by atoms with van der Waals surface area (Å²) in [4.78, 5) is 34.1. The lowest BCUT2D eigenvalue weighted by atomic mass is 9.85. The van der Waals surface area contributed by atoms with Crippen molar-refractivity contribution in [3.8, 4) is 0 Å². The van der Waals surface area contributed by atoms with Gasteiger partial charge in [0, 0.05) is 12.5 Å². The molecule has 1 saturated carbocycles. The SMILES string of the molecule is CCOC(=O)CCC(=O)NC1CCCC1(C)C(=O)O. The van der Waals surface area contributed by atoms with Gasteiger partial charge in [0.2, 0.25) is 5.91 Å². The second-order valence-electron chi connectivity index (χ2n) is 5.04. The van der Waals surface area contributed by atoms with Gasteiger partial charge in [-0.15, -0.1) is 0 Å². The predicted octanol–water partition coefficient (Wildman–Crippen LogP) is 1.09. The molecule has 0 aromatic heterocycles. The second kappa shape index (κ2) is 6.54. The molecule has 1 rings (SSSR count). The normalized spacial score (nSPS) is 25.9. The summed E-state index contributed by atoms with van der Waals surface area (Å²) in [7, 11) is 0. The van der Waals surface area contributed by atoms with Crippen molar-refractivity contribution >= 4 is 17.8 Å². The molecule has 0 spiro atoms. The third-order valence-corrected chi connectivity index (χ3v) is 3.64. The number of carboxylic acids is 1. The highest BCUT2D eigenvalue weighted by atomic mass is 16.5. The minimum Gasteiger partial charge on any atom is -0.481 e. The second-order valence-corrected chi connectivity index (χ2v) is 5.04. The van der Waals surface area contributed by atoms with Crippen LogP contribution in [0.4, 0.5) is 0 Å². The largest absolute Gasteiger partial charge is 0.481 e. The molecular weight excluding hydrogens is 250 g/mol. The third-order valence-electron chi connectivity index (χ3n) is 3.64. The van der Waals surface area contributed by atoms with Crippen molar-refractivity contribution in [2.24, 2.45) is 5.41 Å². The van der Waals surface area contributed by atoms with E-state index in [-0.39, 0.29) is 24.8 Å². The average Bonchev–Trinajstić information content (AvgIpc) is 2.70. The molecule has 0 aliphatic heterocycles. The predicted molar refractivity (Wildman–Crippen MR) is 67.4 cm³/mol. The standard InChI is InChI=1S/C13H21NO5/c1-3-19-11(16)7-6-10(15)14-9-5-4-8-13(9,2)12(17)18/h9H,3-8H2,1-2H3,(H,14,15)(H,17,18). The molecular formula is C13H21NO5. The number of aliphatic carboxylic acids is 1. The van der Waals surface area contributed by atoms with Gasteiger partial charge in [-0.05, 0) is 26.7 Å². The first-order valence-electron chi connectivity index (χ1n) is 6.58. The van der Waals surface area contributed by atoms with Gasteiger partial charge in [-0.25, -0.2) is 0 Å². The molecule has 2 atom stereocenters. The van der Waals surface area contributed by atoms with Gasteiger partial charge in [0.1, 0.15) is 0 Å². The summed E-state index contributed by atoms with van der Waals surface area (Å²) in [5, 5.41) is 11.9. The van der Waals surface area contributed by atoms with Crippen LogP contribution in [-0.4, -0.2) is 35.6 Å². The first-order chi connectivity index (χ1) is 8.90. The number of rotatable bonds is 6. The summed E-state index contributed by atoms with van der Waals surface area (Å²) in [5.74, 6) is -1.60. The lowest BCUT2D eigenvalue weighted by Crippen LogP contribution is -2.47. The number of esters is 1. The zero-order valence-electron chi connectivity index (χ0n) is 11.4. The summed E-state index contributed by atoms with van der Waals surface area (Å²) in [6, 6.07) is -0.361. The van der Waals surface area contributed by atoms with Crippen LogP contribution in [0.1, 0.15) is 46.0 Å². The van der Waals surface area contributed by atoms with Gasteiger partial charge in [0.15, 0.2) is 0 Å². The Morgan fingerprint density at radius 2 is 2.05 bits per heavy atom. The Hall–Kier alpha value is -1.59. The van der Waals surface area contributed by atoms with Crippen LogP contribution in [0.2, 0.25) is 0 Å². The number of hydrogen-bond acceptors (Lipinski definition) is 4. The minimum atomic E-state index is -0.903. The highest BCUT2D eigenvalue weighted by Crippen LogP contribution is 2.38. The van der Waals surface area contributed by atoms with Gasteiger partial charge in [0.25, 0.3) is 0 Å². The van der Waals surface area contributed by atoms with E-state index in [9.17, 15) is 19.5 Å². The molecule has 1 aliphatic carbocycles. The van der Waals surface area contributed by atoms with Crippen LogP contribution in [0.25, 0.3) is 0 Å². The number of hydrogen-bond donors (Lipinski definition) is 2. The van der Waals surface area contributed by atoms with E-state index < -0.39 is 17.4 Å². The van der Waals surface area contributed by atoms with Crippen LogP contribution in [0.3, 0.4) is 0 Å². The van der Waals surface area contributed by atoms with E-state index >= 15 is 0 Å². The van der Waals surface area contributed by atoms with E-state index in [2.05, 4.69) is 5.32 Å². The fraction of sp³-hybridized carbons (Fsp3) is 0.769. The minimum absolute atomic E-state index is 0.0240. The maximum atomic E-state index is 11.7. The van der Waals surface area contributed by atoms with E-state index in [1.54, 1.807) is 13.8 Å². The van der Waals surface area contributed by atoms with Crippen molar-refractivity contribution < 1.29 is 24.2 Å². The Kier molecular flexibility index (Phi) is 5.32. The molecule has 0 radical (unpaired) electrons. The molecule has 108 valence electrons. The number of carboxylic acid groups (broad SMARTS) is 1.